The lowest BCUT2D eigenvalue weighted by Crippen LogP contribution is -2.39. The van der Waals surface area contributed by atoms with Crippen LogP contribution >= 0.6 is 22.9 Å². The molecule has 4 aromatic rings. The summed E-state index contributed by atoms with van der Waals surface area (Å²) in [6.45, 7) is 4.56. The zero-order valence-electron chi connectivity index (χ0n) is 17.9. The molecule has 10 heteroatoms. The molecule has 0 aliphatic carbocycles. The van der Waals surface area contributed by atoms with Crippen molar-refractivity contribution >= 4 is 33.2 Å². The molecule has 33 heavy (non-hydrogen) atoms. The molecule has 1 aromatic carbocycles. The van der Waals surface area contributed by atoms with E-state index in [-0.39, 0.29) is 18.2 Å². The number of fused-ring (bicyclic) bond motifs is 1. The number of benzene rings is 1. The fourth-order valence-corrected chi connectivity index (χ4v) is 5.54. The first-order valence-corrected chi connectivity index (χ1v) is 11.8. The fraction of sp³-hybridized carbons (Fsp3) is 0.304. The Morgan fingerprint density at radius 3 is 2.94 bits per heavy atom. The number of ether oxygens (including phenoxy) is 1. The van der Waals surface area contributed by atoms with E-state index in [0.29, 0.717) is 11.6 Å². The minimum Gasteiger partial charge on any atom is -0.375 e. The predicted molar refractivity (Wildman–Crippen MR) is 129 cm³/mol. The van der Waals surface area contributed by atoms with E-state index in [0.717, 1.165) is 57.0 Å². The van der Waals surface area contributed by atoms with Gasteiger partial charge in [0.1, 0.15) is 6.33 Å². The second-order valence-electron chi connectivity index (χ2n) is 8.01. The zero-order valence-corrected chi connectivity index (χ0v) is 19.5. The maximum absolute atomic E-state index is 12.1. The summed E-state index contributed by atoms with van der Waals surface area (Å²) >= 11 is 7.93. The number of aromatic nitrogens is 4. The summed E-state index contributed by atoms with van der Waals surface area (Å²) in [4.78, 5) is 36.7. The lowest BCUT2D eigenvalue weighted by atomic mass is 9.94. The van der Waals surface area contributed by atoms with E-state index in [1.807, 2.05) is 25.1 Å². The summed E-state index contributed by atoms with van der Waals surface area (Å²) in [6.07, 6.45) is 3.70. The first-order chi connectivity index (χ1) is 16.0. The fourth-order valence-electron chi connectivity index (χ4n) is 4.17. The molecule has 4 heterocycles. The Bertz CT molecular complexity index is 1410. The van der Waals surface area contributed by atoms with Crippen LogP contribution in [0.4, 0.5) is 0 Å². The van der Waals surface area contributed by atoms with Gasteiger partial charge in [-0.3, -0.25) is 9.36 Å². The number of aryl methyl sites for hydroxylation is 1. The number of thiophene rings is 1. The number of hydrogen-bond donors (Lipinski definition) is 2. The van der Waals surface area contributed by atoms with Gasteiger partial charge in [0.25, 0.3) is 5.56 Å². The number of nitrogens with zero attached hydrogens (tertiary/aromatic N) is 3. The molecule has 0 saturated carbocycles. The molecule has 1 aliphatic heterocycles. The van der Waals surface area contributed by atoms with Gasteiger partial charge in [0, 0.05) is 47.2 Å². The van der Waals surface area contributed by atoms with Gasteiger partial charge in [0.05, 0.1) is 35.2 Å². The first kappa shape index (κ1) is 22.0. The van der Waals surface area contributed by atoms with Gasteiger partial charge in [-0.05, 0) is 36.2 Å². The highest BCUT2D eigenvalue weighted by molar-refractivity contribution is 7.19. The van der Waals surface area contributed by atoms with Gasteiger partial charge in [-0.1, -0.05) is 11.6 Å². The molecule has 0 spiro atoms. The van der Waals surface area contributed by atoms with Crippen molar-refractivity contribution in [3.8, 4) is 11.3 Å². The molecule has 170 valence electrons. The molecule has 1 atom stereocenters. The molecule has 2 N–H and O–H groups in total. The number of H-pyrrole nitrogens is 1. The maximum Gasteiger partial charge on any atom is 0.328 e. The van der Waals surface area contributed by atoms with E-state index < -0.39 is 5.69 Å². The van der Waals surface area contributed by atoms with Crippen molar-refractivity contribution in [1.29, 1.82) is 0 Å². The van der Waals surface area contributed by atoms with E-state index in [9.17, 15) is 9.59 Å². The Hall–Kier alpha value is -2.85. The summed E-state index contributed by atoms with van der Waals surface area (Å²) in [5.41, 5.74) is 3.92. The van der Waals surface area contributed by atoms with Gasteiger partial charge in [0.2, 0.25) is 0 Å². The lowest BCUT2D eigenvalue weighted by molar-refractivity contribution is 0.0292. The third-order valence-corrected chi connectivity index (χ3v) is 7.08. The van der Waals surface area contributed by atoms with Gasteiger partial charge in [-0.15, -0.1) is 11.3 Å². The van der Waals surface area contributed by atoms with Crippen LogP contribution in [0.1, 0.15) is 16.0 Å². The van der Waals surface area contributed by atoms with Crippen LogP contribution in [0.25, 0.3) is 21.5 Å². The average Bonchev–Trinajstić information content (AvgIpc) is 3.22. The maximum atomic E-state index is 12.1. The summed E-state index contributed by atoms with van der Waals surface area (Å²) in [5.74, 6) is 0. The van der Waals surface area contributed by atoms with Gasteiger partial charge >= 0.3 is 5.69 Å². The predicted octanol–water partition coefficient (Wildman–Crippen LogP) is 2.75. The number of aromatic amines is 1. The summed E-state index contributed by atoms with van der Waals surface area (Å²) in [7, 11) is 0. The molecule has 5 rings (SSSR count). The van der Waals surface area contributed by atoms with Crippen molar-refractivity contribution < 1.29 is 4.74 Å². The Morgan fingerprint density at radius 1 is 1.27 bits per heavy atom. The van der Waals surface area contributed by atoms with Gasteiger partial charge in [0.15, 0.2) is 0 Å². The standard InChI is InChI=1S/C23H22ClN5O3S/c1-13-6-14(24)7-18(17(13)8-15-10-25-4-5-32-15)21-22-19(27-12-28-21)9-16(33-22)11-29-20(30)2-3-26-23(29)31/h2-3,6-7,9,12,15,25H,4-5,8,10-11H2,1H3,(H,26,31). The van der Waals surface area contributed by atoms with Crippen molar-refractivity contribution in [2.75, 3.05) is 19.7 Å². The summed E-state index contributed by atoms with van der Waals surface area (Å²) < 4.78 is 8.00. The lowest BCUT2D eigenvalue weighted by Gasteiger charge is -2.25. The number of hydrogen-bond acceptors (Lipinski definition) is 7. The van der Waals surface area contributed by atoms with Crippen LogP contribution in [-0.4, -0.2) is 45.3 Å². The van der Waals surface area contributed by atoms with E-state index >= 15 is 0 Å². The van der Waals surface area contributed by atoms with Crippen LogP contribution < -0.4 is 16.6 Å². The molecule has 1 aliphatic rings. The smallest absolute Gasteiger partial charge is 0.328 e. The zero-order chi connectivity index (χ0) is 22.9. The monoisotopic (exact) mass is 483 g/mol. The van der Waals surface area contributed by atoms with E-state index in [2.05, 4.69) is 20.3 Å². The van der Waals surface area contributed by atoms with Gasteiger partial charge in [-0.2, -0.15) is 0 Å². The van der Waals surface area contributed by atoms with Crippen molar-refractivity contribution in [3.05, 3.63) is 78.7 Å². The Balaban J connectivity index is 1.59. The number of morpholine rings is 1. The topological polar surface area (TPSA) is 102 Å². The molecule has 1 saturated heterocycles. The highest BCUT2D eigenvalue weighted by Crippen LogP contribution is 2.37. The molecule has 1 fully saturated rings. The average molecular weight is 484 g/mol. The Morgan fingerprint density at radius 2 is 2.15 bits per heavy atom. The van der Waals surface area contributed by atoms with Gasteiger partial charge in [-0.25, -0.2) is 14.8 Å². The molecular weight excluding hydrogens is 462 g/mol. The summed E-state index contributed by atoms with van der Waals surface area (Å²) in [5, 5.41) is 4.02. The Labute approximate surface area is 198 Å². The third-order valence-electron chi connectivity index (χ3n) is 5.75. The molecule has 3 aromatic heterocycles. The largest absolute Gasteiger partial charge is 0.375 e. The number of rotatable bonds is 5. The van der Waals surface area contributed by atoms with Crippen LogP contribution in [0.15, 0.2) is 46.4 Å². The van der Waals surface area contributed by atoms with Crippen LogP contribution in [0, 0.1) is 6.92 Å². The minimum absolute atomic E-state index is 0.0743. The van der Waals surface area contributed by atoms with Crippen LogP contribution in [0.2, 0.25) is 5.02 Å². The number of nitrogens with one attached hydrogen (secondary N) is 2. The highest BCUT2D eigenvalue weighted by Gasteiger charge is 2.21. The van der Waals surface area contributed by atoms with Crippen molar-refractivity contribution in [2.24, 2.45) is 0 Å². The van der Waals surface area contributed by atoms with Crippen LogP contribution in [0.3, 0.4) is 0 Å². The molecule has 1 unspecified atom stereocenters. The Kier molecular flexibility index (Phi) is 6.11. The summed E-state index contributed by atoms with van der Waals surface area (Å²) in [6, 6.07) is 7.13. The second-order valence-corrected chi connectivity index (χ2v) is 9.58. The van der Waals surface area contributed by atoms with Crippen molar-refractivity contribution in [2.45, 2.75) is 26.0 Å². The molecule has 0 bridgehead atoms. The molecule has 8 nitrogen and oxygen atoms in total. The van der Waals surface area contributed by atoms with Crippen LogP contribution in [0.5, 0.6) is 0 Å². The molecule has 0 amide bonds. The van der Waals surface area contributed by atoms with Gasteiger partial charge < -0.3 is 15.0 Å². The SMILES string of the molecule is Cc1cc(Cl)cc(-c2ncnc3cc(Cn4c(=O)cc[nH]c4=O)sc23)c1CC1CNCCO1. The van der Waals surface area contributed by atoms with Crippen molar-refractivity contribution in [1.82, 2.24) is 24.8 Å². The first-order valence-electron chi connectivity index (χ1n) is 10.6. The van der Waals surface area contributed by atoms with Crippen molar-refractivity contribution in [3.63, 3.8) is 0 Å². The van der Waals surface area contributed by atoms with E-state index in [4.69, 9.17) is 16.3 Å². The third kappa shape index (κ3) is 4.49. The van der Waals surface area contributed by atoms with E-state index in [1.54, 1.807) is 0 Å². The highest BCUT2D eigenvalue weighted by atomic mass is 35.5. The second kappa shape index (κ2) is 9.18. The quantitative estimate of drug-likeness (QED) is 0.452. The normalized spacial score (nSPS) is 16.4. The minimum atomic E-state index is -0.444. The number of halogens is 1. The molecular formula is C23H22ClN5O3S. The molecule has 0 radical (unpaired) electrons. The van der Waals surface area contributed by atoms with Crippen LogP contribution in [-0.2, 0) is 17.7 Å². The van der Waals surface area contributed by atoms with E-state index in [1.165, 1.54) is 34.5 Å².